The van der Waals surface area contributed by atoms with Gasteiger partial charge in [0.25, 0.3) is 0 Å². The number of hydrogen-bond acceptors (Lipinski definition) is 5. The maximum atomic E-state index is 13.0. The number of amides is 1. The van der Waals surface area contributed by atoms with Crippen molar-refractivity contribution in [3.8, 4) is 6.07 Å². The smallest absolute Gasteiger partial charge is 0.325 e. The molecule has 0 aliphatic carbocycles. The normalized spacial score (nSPS) is 12.3. The van der Waals surface area contributed by atoms with Crippen LogP contribution in [0.2, 0.25) is 0 Å². The second-order valence-electron chi connectivity index (χ2n) is 5.44. The van der Waals surface area contributed by atoms with Crippen LogP contribution in [0.1, 0.15) is 29.6 Å². The highest BCUT2D eigenvalue weighted by molar-refractivity contribution is 8.00. The minimum absolute atomic E-state index is 0.246. The van der Waals surface area contributed by atoms with Crippen LogP contribution >= 0.6 is 11.8 Å². The number of carbonyl (C=O) groups excluding carboxylic acids is 1. The van der Waals surface area contributed by atoms with Crippen LogP contribution in [0.15, 0.2) is 29.3 Å². The summed E-state index contributed by atoms with van der Waals surface area (Å²) in [5.41, 5.74) is -0.501. The molecule has 1 amide bonds. The summed E-state index contributed by atoms with van der Waals surface area (Å²) in [6, 6.07) is 6.74. The molecule has 2 rings (SSSR count). The van der Waals surface area contributed by atoms with Crippen molar-refractivity contribution in [2.45, 2.75) is 37.2 Å². The van der Waals surface area contributed by atoms with E-state index in [-0.39, 0.29) is 11.3 Å². The molecule has 2 aromatic rings. The number of nitriles is 1. The predicted octanol–water partition coefficient (Wildman–Crippen LogP) is 4.10. The molecule has 26 heavy (non-hydrogen) atoms. The number of rotatable bonds is 4. The summed E-state index contributed by atoms with van der Waals surface area (Å²) >= 11 is 0.997. The van der Waals surface area contributed by atoms with Crippen LogP contribution in [0.25, 0.3) is 0 Å². The van der Waals surface area contributed by atoms with Gasteiger partial charge in [0.1, 0.15) is 22.5 Å². The molecular formula is C17H15F3N4OS. The Labute approximate surface area is 152 Å². The molecule has 0 aliphatic heterocycles. The number of alkyl halides is 3. The predicted molar refractivity (Wildman–Crippen MR) is 91.6 cm³/mol. The highest BCUT2D eigenvalue weighted by atomic mass is 32.2. The van der Waals surface area contributed by atoms with E-state index in [1.165, 1.54) is 25.1 Å². The van der Waals surface area contributed by atoms with Crippen molar-refractivity contribution in [1.29, 1.82) is 5.26 Å². The lowest BCUT2D eigenvalue weighted by Crippen LogP contribution is -2.24. The number of carbonyl (C=O) groups is 1. The fourth-order valence-corrected chi connectivity index (χ4v) is 3.19. The van der Waals surface area contributed by atoms with E-state index in [1.807, 2.05) is 6.07 Å². The van der Waals surface area contributed by atoms with Gasteiger partial charge in [0.2, 0.25) is 5.91 Å². The molecule has 0 radical (unpaired) electrons. The molecule has 5 nitrogen and oxygen atoms in total. The molecular weight excluding hydrogens is 365 g/mol. The molecule has 9 heteroatoms. The van der Waals surface area contributed by atoms with Gasteiger partial charge in [-0.25, -0.2) is 9.97 Å². The molecule has 0 spiro atoms. The minimum Gasteiger partial charge on any atom is -0.325 e. The van der Waals surface area contributed by atoms with E-state index in [0.717, 1.165) is 17.8 Å². The van der Waals surface area contributed by atoms with Crippen LogP contribution < -0.4 is 5.32 Å². The van der Waals surface area contributed by atoms with E-state index in [0.29, 0.717) is 16.5 Å². The summed E-state index contributed by atoms with van der Waals surface area (Å²) in [5.74, 6) is -0.177. The molecule has 0 saturated carbocycles. The number of halogens is 3. The van der Waals surface area contributed by atoms with Crippen LogP contribution in [-0.2, 0) is 11.0 Å². The van der Waals surface area contributed by atoms with E-state index in [9.17, 15) is 23.2 Å². The Morgan fingerprint density at radius 3 is 2.54 bits per heavy atom. The molecule has 1 aromatic heterocycles. The van der Waals surface area contributed by atoms with Crippen molar-refractivity contribution in [1.82, 2.24) is 9.97 Å². The van der Waals surface area contributed by atoms with Gasteiger partial charge in [-0.1, -0.05) is 23.9 Å². The SMILES string of the molecule is Cc1nc(C)c(C#N)c(SC(C)C(=O)Nc2ccccc2C(F)(F)F)n1. The van der Waals surface area contributed by atoms with Gasteiger partial charge in [-0.3, -0.25) is 4.79 Å². The summed E-state index contributed by atoms with van der Waals surface area (Å²) in [6.07, 6.45) is -4.57. The van der Waals surface area contributed by atoms with Crippen molar-refractivity contribution in [3.63, 3.8) is 0 Å². The average Bonchev–Trinajstić information content (AvgIpc) is 2.54. The Balaban J connectivity index is 2.22. The van der Waals surface area contributed by atoms with E-state index >= 15 is 0 Å². The van der Waals surface area contributed by atoms with E-state index in [1.54, 1.807) is 13.8 Å². The van der Waals surface area contributed by atoms with Crippen molar-refractivity contribution in [2.75, 3.05) is 5.32 Å². The van der Waals surface area contributed by atoms with Crippen LogP contribution in [0.5, 0.6) is 0 Å². The molecule has 1 aromatic carbocycles. The summed E-state index contributed by atoms with van der Waals surface area (Å²) in [7, 11) is 0. The number of para-hydroxylation sites is 1. The van der Waals surface area contributed by atoms with Gasteiger partial charge in [0.05, 0.1) is 22.2 Å². The van der Waals surface area contributed by atoms with Crippen LogP contribution in [-0.4, -0.2) is 21.1 Å². The van der Waals surface area contributed by atoms with Crippen molar-refractivity contribution in [2.24, 2.45) is 0 Å². The summed E-state index contributed by atoms with van der Waals surface area (Å²) in [4.78, 5) is 20.6. The molecule has 1 N–H and O–H groups in total. The third-order valence-electron chi connectivity index (χ3n) is 3.43. The third kappa shape index (κ3) is 4.52. The zero-order valence-electron chi connectivity index (χ0n) is 14.2. The maximum absolute atomic E-state index is 13.0. The Morgan fingerprint density at radius 2 is 1.92 bits per heavy atom. The number of aromatic nitrogens is 2. The largest absolute Gasteiger partial charge is 0.418 e. The van der Waals surface area contributed by atoms with Crippen molar-refractivity contribution >= 4 is 23.4 Å². The average molecular weight is 380 g/mol. The first-order valence-electron chi connectivity index (χ1n) is 7.52. The molecule has 0 saturated heterocycles. The van der Waals surface area contributed by atoms with Crippen molar-refractivity contribution < 1.29 is 18.0 Å². The lowest BCUT2D eigenvalue weighted by molar-refractivity contribution is -0.137. The number of aryl methyl sites for hydroxylation is 2. The van der Waals surface area contributed by atoms with Crippen LogP contribution in [0.3, 0.4) is 0 Å². The van der Waals surface area contributed by atoms with E-state index in [2.05, 4.69) is 15.3 Å². The molecule has 0 fully saturated rings. The lowest BCUT2D eigenvalue weighted by atomic mass is 10.1. The van der Waals surface area contributed by atoms with E-state index in [4.69, 9.17) is 0 Å². The summed E-state index contributed by atoms with van der Waals surface area (Å²) in [6.45, 7) is 4.84. The number of anilines is 1. The lowest BCUT2D eigenvalue weighted by Gasteiger charge is -2.16. The summed E-state index contributed by atoms with van der Waals surface area (Å²) < 4.78 is 39.1. The molecule has 136 valence electrons. The molecule has 0 aliphatic rings. The number of thioether (sulfide) groups is 1. The first kappa shape index (κ1) is 19.7. The first-order chi connectivity index (χ1) is 12.1. The van der Waals surface area contributed by atoms with Gasteiger partial charge in [-0.15, -0.1) is 0 Å². The van der Waals surface area contributed by atoms with Gasteiger partial charge in [-0.2, -0.15) is 18.4 Å². The topological polar surface area (TPSA) is 78.7 Å². The Bertz CT molecular complexity index is 877. The minimum atomic E-state index is -4.57. The standard InChI is InChI=1S/C17H15F3N4OS/c1-9-12(8-21)16(23-11(3)22-9)26-10(2)15(25)24-14-7-5-4-6-13(14)17(18,19)20/h4-7,10H,1-3H3,(H,24,25). The third-order valence-corrected chi connectivity index (χ3v) is 4.51. The zero-order chi connectivity index (χ0) is 19.5. The highest BCUT2D eigenvalue weighted by Gasteiger charge is 2.34. The van der Waals surface area contributed by atoms with Gasteiger partial charge < -0.3 is 5.32 Å². The highest BCUT2D eigenvalue weighted by Crippen LogP contribution is 2.35. The number of nitrogens with zero attached hydrogens (tertiary/aromatic N) is 3. The molecule has 1 unspecified atom stereocenters. The molecule has 1 heterocycles. The second-order valence-corrected chi connectivity index (χ2v) is 6.77. The Hall–Kier alpha value is -2.60. The second kappa shape index (κ2) is 7.74. The number of nitrogens with one attached hydrogen (secondary N) is 1. The van der Waals surface area contributed by atoms with Gasteiger partial charge in [0, 0.05) is 0 Å². The number of hydrogen-bond donors (Lipinski definition) is 1. The first-order valence-corrected chi connectivity index (χ1v) is 8.40. The molecule has 1 atom stereocenters. The van der Waals surface area contributed by atoms with E-state index < -0.39 is 22.9 Å². The van der Waals surface area contributed by atoms with Gasteiger partial charge in [0.15, 0.2) is 0 Å². The monoisotopic (exact) mass is 380 g/mol. The Morgan fingerprint density at radius 1 is 1.27 bits per heavy atom. The van der Waals surface area contributed by atoms with Crippen LogP contribution in [0, 0.1) is 25.2 Å². The van der Waals surface area contributed by atoms with Gasteiger partial charge in [-0.05, 0) is 32.9 Å². The van der Waals surface area contributed by atoms with Crippen molar-refractivity contribution in [3.05, 3.63) is 46.9 Å². The number of benzene rings is 1. The quantitative estimate of drug-likeness (QED) is 0.638. The fraction of sp³-hybridized carbons (Fsp3) is 0.294. The maximum Gasteiger partial charge on any atom is 0.418 e. The van der Waals surface area contributed by atoms with Crippen LogP contribution in [0.4, 0.5) is 18.9 Å². The summed E-state index contributed by atoms with van der Waals surface area (Å²) in [5, 5.41) is 11.1. The molecule has 0 bridgehead atoms. The Kier molecular flexibility index (Phi) is 5.87. The zero-order valence-corrected chi connectivity index (χ0v) is 15.0. The fourth-order valence-electron chi connectivity index (χ4n) is 2.19. The van der Waals surface area contributed by atoms with Gasteiger partial charge >= 0.3 is 6.18 Å².